The van der Waals surface area contributed by atoms with Crippen LogP contribution in [0, 0.1) is 0 Å². The summed E-state index contributed by atoms with van der Waals surface area (Å²) < 4.78 is 42.0. The van der Waals surface area contributed by atoms with Crippen LogP contribution in [-0.4, -0.2) is 16.0 Å². The predicted molar refractivity (Wildman–Crippen MR) is 92.7 cm³/mol. The number of nitrogens with zero attached hydrogens (tertiary/aromatic N) is 3. The molecule has 0 N–H and O–H groups in total. The average Bonchev–Trinajstić information content (AvgIpc) is 3.17. The molecule has 0 fully saturated rings. The second kappa shape index (κ2) is 7.61. The van der Waals surface area contributed by atoms with Crippen LogP contribution in [0.3, 0.4) is 0 Å². The van der Waals surface area contributed by atoms with Crippen LogP contribution in [0.4, 0.5) is 18.9 Å². The van der Waals surface area contributed by atoms with Gasteiger partial charge in [0.2, 0.25) is 11.7 Å². The molecule has 0 bridgehead atoms. The van der Waals surface area contributed by atoms with Crippen molar-refractivity contribution in [2.75, 3.05) is 4.90 Å². The third-order valence-corrected chi connectivity index (χ3v) is 3.89. The lowest BCUT2D eigenvalue weighted by Crippen LogP contribution is -2.29. The minimum absolute atomic E-state index is 0.0643. The Kier molecular flexibility index (Phi) is 5.25. The van der Waals surface area contributed by atoms with Crippen LogP contribution in [0.1, 0.15) is 24.8 Å². The molecule has 140 valence electrons. The van der Waals surface area contributed by atoms with E-state index in [1.165, 1.54) is 0 Å². The number of halogens is 3. The first-order valence-electron chi connectivity index (χ1n) is 8.24. The van der Waals surface area contributed by atoms with Gasteiger partial charge in [0.15, 0.2) is 0 Å². The maximum absolute atomic E-state index is 12.6. The van der Waals surface area contributed by atoms with Crippen molar-refractivity contribution in [1.29, 1.82) is 0 Å². The molecular formula is C19H16F3N3O2. The van der Waals surface area contributed by atoms with Gasteiger partial charge in [0, 0.05) is 17.7 Å². The van der Waals surface area contributed by atoms with Gasteiger partial charge in [-0.2, -0.15) is 18.2 Å². The highest BCUT2D eigenvalue weighted by atomic mass is 19.4. The lowest BCUT2D eigenvalue weighted by atomic mass is 10.1. The first kappa shape index (κ1) is 18.6. The Morgan fingerprint density at radius 1 is 1.07 bits per heavy atom. The topological polar surface area (TPSA) is 59.2 Å². The molecule has 0 aliphatic carbocycles. The molecule has 0 aliphatic rings. The number of rotatable bonds is 5. The molecule has 0 unspecified atom stereocenters. The third-order valence-electron chi connectivity index (χ3n) is 3.89. The summed E-state index contributed by atoms with van der Waals surface area (Å²) in [5.74, 6) is -1.62. The average molecular weight is 375 g/mol. The van der Waals surface area contributed by atoms with Crippen molar-refractivity contribution < 1.29 is 22.5 Å². The van der Waals surface area contributed by atoms with E-state index in [9.17, 15) is 18.0 Å². The van der Waals surface area contributed by atoms with E-state index in [0.717, 1.165) is 5.56 Å². The molecule has 1 aromatic heterocycles. The number of amides is 1. The molecule has 1 amide bonds. The second-order valence-corrected chi connectivity index (χ2v) is 5.79. The lowest BCUT2D eigenvalue weighted by Gasteiger charge is -2.22. The van der Waals surface area contributed by atoms with Crippen molar-refractivity contribution in [2.45, 2.75) is 26.1 Å². The van der Waals surface area contributed by atoms with Crippen LogP contribution in [0.5, 0.6) is 0 Å². The monoisotopic (exact) mass is 375 g/mol. The molecule has 5 nitrogen and oxygen atoms in total. The maximum atomic E-state index is 12.6. The second-order valence-electron chi connectivity index (χ2n) is 5.79. The summed E-state index contributed by atoms with van der Waals surface area (Å²) in [6, 6.07) is 15.9. The summed E-state index contributed by atoms with van der Waals surface area (Å²) in [4.78, 5) is 17.3. The number of carbonyl (C=O) groups is 1. The zero-order chi connectivity index (χ0) is 19.4. The fourth-order valence-electron chi connectivity index (χ4n) is 2.53. The molecule has 1 heterocycles. The van der Waals surface area contributed by atoms with Gasteiger partial charge in [-0.15, -0.1) is 0 Å². The fourth-order valence-corrected chi connectivity index (χ4v) is 2.53. The normalized spacial score (nSPS) is 11.4. The van der Waals surface area contributed by atoms with E-state index < -0.39 is 12.1 Å². The van der Waals surface area contributed by atoms with Gasteiger partial charge >= 0.3 is 12.1 Å². The molecular weight excluding hydrogens is 359 g/mol. The van der Waals surface area contributed by atoms with Crippen molar-refractivity contribution in [3.63, 3.8) is 0 Å². The fraction of sp³-hybridized carbons (Fsp3) is 0.211. The Hall–Kier alpha value is -3.16. The van der Waals surface area contributed by atoms with Gasteiger partial charge in [-0.05, 0) is 29.8 Å². The SMILES string of the molecule is CCC(=O)N(Cc1ccccc1)c1ccc(-c2noc(C(F)(F)F)n2)cc1. The van der Waals surface area contributed by atoms with Crippen LogP contribution in [-0.2, 0) is 17.5 Å². The van der Waals surface area contributed by atoms with Gasteiger partial charge in [-0.1, -0.05) is 42.4 Å². The zero-order valence-electron chi connectivity index (χ0n) is 14.4. The number of hydrogen-bond donors (Lipinski definition) is 0. The maximum Gasteiger partial charge on any atom is 0.471 e. The van der Waals surface area contributed by atoms with Crippen molar-refractivity contribution in [2.24, 2.45) is 0 Å². The van der Waals surface area contributed by atoms with E-state index in [4.69, 9.17) is 0 Å². The molecule has 0 saturated carbocycles. The largest absolute Gasteiger partial charge is 0.471 e. The van der Waals surface area contributed by atoms with Crippen molar-refractivity contribution in [1.82, 2.24) is 10.1 Å². The highest BCUT2D eigenvalue weighted by Crippen LogP contribution is 2.30. The molecule has 3 aromatic rings. The van der Waals surface area contributed by atoms with Gasteiger partial charge in [0.25, 0.3) is 0 Å². The minimum Gasteiger partial charge on any atom is -0.329 e. The van der Waals surface area contributed by atoms with E-state index in [1.807, 2.05) is 30.3 Å². The van der Waals surface area contributed by atoms with Gasteiger partial charge < -0.3 is 9.42 Å². The molecule has 3 rings (SSSR count). The number of hydrogen-bond acceptors (Lipinski definition) is 4. The standard InChI is InChI=1S/C19H16F3N3O2/c1-2-16(26)25(12-13-6-4-3-5-7-13)15-10-8-14(9-11-15)17-23-18(27-24-17)19(20,21)22/h3-11H,2,12H2,1H3. The van der Waals surface area contributed by atoms with E-state index >= 15 is 0 Å². The Morgan fingerprint density at radius 3 is 2.30 bits per heavy atom. The molecule has 2 aromatic carbocycles. The summed E-state index contributed by atoms with van der Waals surface area (Å²) >= 11 is 0. The summed E-state index contributed by atoms with van der Waals surface area (Å²) in [5, 5.41) is 3.36. The Labute approximate surface area is 153 Å². The van der Waals surface area contributed by atoms with Gasteiger partial charge in [0.1, 0.15) is 0 Å². The van der Waals surface area contributed by atoms with Gasteiger partial charge in [0.05, 0.1) is 6.54 Å². The summed E-state index contributed by atoms with van der Waals surface area (Å²) in [7, 11) is 0. The number of anilines is 1. The molecule has 0 aliphatic heterocycles. The van der Waals surface area contributed by atoms with Crippen LogP contribution in [0.25, 0.3) is 11.4 Å². The Morgan fingerprint density at radius 2 is 1.74 bits per heavy atom. The van der Waals surface area contributed by atoms with Crippen molar-refractivity contribution in [3.8, 4) is 11.4 Å². The number of alkyl halides is 3. The molecule has 8 heteroatoms. The van der Waals surface area contributed by atoms with Gasteiger partial charge in [-0.3, -0.25) is 4.79 Å². The first-order chi connectivity index (χ1) is 12.9. The smallest absolute Gasteiger partial charge is 0.329 e. The predicted octanol–water partition coefficient (Wildman–Crippen LogP) is 4.70. The molecule has 0 atom stereocenters. The summed E-state index contributed by atoms with van der Waals surface area (Å²) in [6.07, 6.45) is -4.36. The lowest BCUT2D eigenvalue weighted by molar-refractivity contribution is -0.159. The van der Waals surface area contributed by atoms with Crippen LogP contribution >= 0.6 is 0 Å². The third kappa shape index (κ3) is 4.33. The minimum atomic E-state index is -4.69. The summed E-state index contributed by atoms with van der Waals surface area (Å²) in [6.45, 7) is 2.17. The molecule has 0 spiro atoms. The van der Waals surface area contributed by atoms with E-state index in [-0.39, 0.29) is 11.7 Å². The number of benzene rings is 2. The molecule has 0 radical (unpaired) electrons. The first-order valence-corrected chi connectivity index (χ1v) is 8.24. The van der Waals surface area contributed by atoms with Crippen LogP contribution in [0.2, 0.25) is 0 Å². The number of aromatic nitrogens is 2. The van der Waals surface area contributed by atoms with E-state index in [0.29, 0.717) is 24.2 Å². The van der Waals surface area contributed by atoms with Crippen LogP contribution in [0.15, 0.2) is 59.1 Å². The van der Waals surface area contributed by atoms with E-state index in [2.05, 4.69) is 14.7 Å². The zero-order valence-corrected chi connectivity index (χ0v) is 14.4. The Balaban J connectivity index is 1.85. The quantitative estimate of drug-likeness (QED) is 0.649. The molecule has 0 saturated heterocycles. The van der Waals surface area contributed by atoms with Crippen LogP contribution < -0.4 is 4.90 Å². The Bertz CT molecular complexity index is 906. The number of carbonyl (C=O) groups excluding carboxylic acids is 1. The van der Waals surface area contributed by atoms with Gasteiger partial charge in [-0.25, -0.2) is 0 Å². The van der Waals surface area contributed by atoms with Crippen molar-refractivity contribution >= 4 is 11.6 Å². The van der Waals surface area contributed by atoms with E-state index in [1.54, 1.807) is 36.1 Å². The molecule has 27 heavy (non-hydrogen) atoms. The summed E-state index contributed by atoms with van der Waals surface area (Å²) in [5.41, 5.74) is 1.96. The highest BCUT2D eigenvalue weighted by Gasteiger charge is 2.38. The highest BCUT2D eigenvalue weighted by molar-refractivity contribution is 5.93. The van der Waals surface area contributed by atoms with Crippen molar-refractivity contribution in [3.05, 3.63) is 66.1 Å².